The summed E-state index contributed by atoms with van der Waals surface area (Å²) in [5.74, 6) is 0.981. The van der Waals surface area contributed by atoms with Gasteiger partial charge in [0.05, 0.1) is 12.7 Å². The highest BCUT2D eigenvalue weighted by atomic mass is 16.2. The molecule has 1 amide bonds. The van der Waals surface area contributed by atoms with Crippen LogP contribution in [-0.2, 0) is 11.2 Å². The van der Waals surface area contributed by atoms with Gasteiger partial charge in [0.15, 0.2) is 0 Å². The van der Waals surface area contributed by atoms with Crippen molar-refractivity contribution in [2.75, 3.05) is 6.67 Å². The highest BCUT2D eigenvalue weighted by Gasteiger charge is 2.33. The van der Waals surface area contributed by atoms with Crippen LogP contribution >= 0.6 is 0 Å². The van der Waals surface area contributed by atoms with E-state index in [1.807, 2.05) is 11.0 Å². The van der Waals surface area contributed by atoms with Gasteiger partial charge in [-0.3, -0.25) is 10.1 Å². The van der Waals surface area contributed by atoms with E-state index in [9.17, 15) is 4.79 Å². The number of hydrogen-bond acceptors (Lipinski definition) is 2. The van der Waals surface area contributed by atoms with E-state index in [-0.39, 0.29) is 11.9 Å². The molecule has 0 radical (unpaired) electrons. The van der Waals surface area contributed by atoms with Crippen molar-refractivity contribution in [1.29, 1.82) is 0 Å². The number of aryl methyl sites for hydroxylation is 1. The van der Waals surface area contributed by atoms with Crippen molar-refractivity contribution in [3.05, 3.63) is 35.9 Å². The number of benzene rings is 1. The predicted molar refractivity (Wildman–Crippen MR) is 86.9 cm³/mol. The number of amides is 1. The average Bonchev–Trinajstić information content (AvgIpc) is 2.85. The lowest BCUT2D eigenvalue weighted by Gasteiger charge is -2.24. The van der Waals surface area contributed by atoms with Gasteiger partial charge >= 0.3 is 0 Å². The summed E-state index contributed by atoms with van der Waals surface area (Å²) in [5.41, 5.74) is 1.30. The fourth-order valence-electron chi connectivity index (χ4n) is 2.86. The zero-order valence-electron chi connectivity index (χ0n) is 13.5. The van der Waals surface area contributed by atoms with Gasteiger partial charge in [0.25, 0.3) is 0 Å². The second kappa shape index (κ2) is 7.60. The number of nitrogens with zero attached hydrogens (tertiary/aromatic N) is 1. The van der Waals surface area contributed by atoms with Gasteiger partial charge in [-0.15, -0.1) is 0 Å². The molecular formula is C18H28N2O. The quantitative estimate of drug-likeness (QED) is 0.835. The van der Waals surface area contributed by atoms with E-state index in [4.69, 9.17) is 0 Å². The molecule has 21 heavy (non-hydrogen) atoms. The van der Waals surface area contributed by atoms with Crippen LogP contribution in [-0.4, -0.2) is 29.6 Å². The minimum absolute atomic E-state index is 0.00768. The molecular weight excluding hydrogens is 260 g/mol. The van der Waals surface area contributed by atoms with Gasteiger partial charge < -0.3 is 4.90 Å². The molecule has 1 heterocycles. The lowest BCUT2D eigenvalue weighted by Crippen LogP contribution is -2.37. The lowest BCUT2D eigenvalue weighted by molar-refractivity contribution is -0.130. The Balaban J connectivity index is 1.81. The summed E-state index contributed by atoms with van der Waals surface area (Å²) in [6.07, 6.45) is 4.12. The van der Waals surface area contributed by atoms with Crippen molar-refractivity contribution >= 4 is 5.91 Å². The maximum atomic E-state index is 12.5. The van der Waals surface area contributed by atoms with Crippen LogP contribution in [0.4, 0.5) is 0 Å². The molecule has 0 bridgehead atoms. The number of carbonyl (C=O) groups excluding carboxylic acids is 1. The number of hydrogen-bond donors (Lipinski definition) is 1. The van der Waals surface area contributed by atoms with E-state index >= 15 is 0 Å². The second-order valence-corrected chi connectivity index (χ2v) is 6.57. The molecule has 1 aromatic rings. The van der Waals surface area contributed by atoms with E-state index in [1.165, 1.54) is 12.0 Å². The van der Waals surface area contributed by atoms with Crippen LogP contribution in [0.5, 0.6) is 0 Å². The standard InChI is InChI=1S/C18H28N2O/c1-14(2)9-10-15(3)20-13-19-17(18(20)21)12-11-16-7-5-4-6-8-16/h4-8,14-15,17,19H,9-13H2,1-3H3. The third-order valence-electron chi connectivity index (χ3n) is 4.35. The molecule has 1 aliphatic heterocycles. The van der Waals surface area contributed by atoms with Crippen LogP contribution < -0.4 is 5.32 Å². The maximum absolute atomic E-state index is 12.5. The van der Waals surface area contributed by atoms with Gasteiger partial charge in [0, 0.05) is 6.04 Å². The van der Waals surface area contributed by atoms with Crippen LogP contribution in [0.25, 0.3) is 0 Å². The molecule has 1 saturated heterocycles. The van der Waals surface area contributed by atoms with Crippen LogP contribution in [0.3, 0.4) is 0 Å². The Morgan fingerprint density at radius 2 is 1.90 bits per heavy atom. The van der Waals surface area contributed by atoms with E-state index in [1.54, 1.807) is 0 Å². The Morgan fingerprint density at radius 1 is 1.19 bits per heavy atom. The third-order valence-corrected chi connectivity index (χ3v) is 4.35. The Labute approximate surface area is 128 Å². The van der Waals surface area contributed by atoms with Crippen molar-refractivity contribution in [1.82, 2.24) is 10.2 Å². The summed E-state index contributed by atoms with van der Waals surface area (Å²) in [4.78, 5) is 14.5. The van der Waals surface area contributed by atoms with Gasteiger partial charge in [0.2, 0.25) is 5.91 Å². The van der Waals surface area contributed by atoms with Crippen LogP contribution in [0, 0.1) is 5.92 Å². The van der Waals surface area contributed by atoms with Crippen molar-refractivity contribution in [3.8, 4) is 0 Å². The van der Waals surface area contributed by atoms with Gasteiger partial charge in [-0.05, 0) is 44.1 Å². The minimum Gasteiger partial charge on any atom is -0.326 e. The Morgan fingerprint density at radius 3 is 2.57 bits per heavy atom. The highest BCUT2D eigenvalue weighted by molar-refractivity contribution is 5.84. The molecule has 0 aliphatic carbocycles. The summed E-state index contributed by atoms with van der Waals surface area (Å²) in [6.45, 7) is 7.35. The maximum Gasteiger partial charge on any atom is 0.241 e. The number of rotatable bonds is 7. The zero-order chi connectivity index (χ0) is 15.2. The molecule has 0 aromatic heterocycles. The predicted octanol–water partition coefficient (Wildman–Crippen LogP) is 3.20. The van der Waals surface area contributed by atoms with Gasteiger partial charge in [-0.25, -0.2) is 0 Å². The average molecular weight is 288 g/mol. The summed E-state index contributed by atoms with van der Waals surface area (Å²) < 4.78 is 0. The summed E-state index contributed by atoms with van der Waals surface area (Å²) in [7, 11) is 0. The number of carbonyl (C=O) groups is 1. The fourth-order valence-corrected chi connectivity index (χ4v) is 2.86. The molecule has 116 valence electrons. The molecule has 1 aliphatic rings. The molecule has 2 rings (SSSR count). The first-order chi connectivity index (χ1) is 10.1. The van der Waals surface area contributed by atoms with Crippen LogP contribution in [0.1, 0.15) is 45.6 Å². The fraction of sp³-hybridized carbons (Fsp3) is 0.611. The molecule has 1 N–H and O–H groups in total. The van der Waals surface area contributed by atoms with Gasteiger partial charge in [0.1, 0.15) is 0 Å². The van der Waals surface area contributed by atoms with Crippen LogP contribution in [0.15, 0.2) is 30.3 Å². The van der Waals surface area contributed by atoms with E-state index < -0.39 is 0 Å². The molecule has 1 fully saturated rings. The third kappa shape index (κ3) is 4.57. The van der Waals surface area contributed by atoms with Crippen molar-refractivity contribution in [2.24, 2.45) is 5.92 Å². The molecule has 0 saturated carbocycles. The topological polar surface area (TPSA) is 32.3 Å². The summed E-state index contributed by atoms with van der Waals surface area (Å²) >= 11 is 0. The molecule has 1 aromatic carbocycles. The largest absolute Gasteiger partial charge is 0.326 e. The molecule has 3 heteroatoms. The Hall–Kier alpha value is -1.35. The first-order valence-electron chi connectivity index (χ1n) is 8.15. The normalized spacial score (nSPS) is 20.3. The minimum atomic E-state index is -0.00768. The molecule has 2 unspecified atom stereocenters. The second-order valence-electron chi connectivity index (χ2n) is 6.57. The van der Waals surface area contributed by atoms with Gasteiger partial charge in [-0.2, -0.15) is 0 Å². The highest BCUT2D eigenvalue weighted by Crippen LogP contribution is 2.17. The smallest absolute Gasteiger partial charge is 0.241 e. The first kappa shape index (κ1) is 16.0. The van der Waals surface area contributed by atoms with Crippen LogP contribution in [0.2, 0.25) is 0 Å². The molecule has 2 atom stereocenters. The number of nitrogens with one attached hydrogen (secondary N) is 1. The SMILES string of the molecule is CC(C)CCC(C)N1CNC(CCc2ccccc2)C1=O. The van der Waals surface area contributed by atoms with Crippen molar-refractivity contribution < 1.29 is 4.79 Å². The Bertz CT molecular complexity index is 444. The van der Waals surface area contributed by atoms with Gasteiger partial charge in [-0.1, -0.05) is 44.2 Å². The Kier molecular flexibility index (Phi) is 5.80. The van der Waals surface area contributed by atoms with Crippen molar-refractivity contribution in [3.63, 3.8) is 0 Å². The van der Waals surface area contributed by atoms with E-state index in [2.05, 4.69) is 50.4 Å². The molecule has 0 spiro atoms. The molecule has 3 nitrogen and oxygen atoms in total. The van der Waals surface area contributed by atoms with E-state index in [0.717, 1.165) is 19.3 Å². The van der Waals surface area contributed by atoms with E-state index in [0.29, 0.717) is 18.6 Å². The summed E-state index contributed by atoms with van der Waals surface area (Å²) in [6, 6.07) is 10.7. The van der Waals surface area contributed by atoms with Crippen molar-refractivity contribution in [2.45, 2.75) is 58.5 Å². The lowest BCUT2D eigenvalue weighted by atomic mass is 10.0. The zero-order valence-corrected chi connectivity index (χ0v) is 13.5. The summed E-state index contributed by atoms with van der Waals surface area (Å²) in [5, 5.41) is 3.37. The monoisotopic (exact) mass is 288 g/mol. The first-order valence-corrected chi connectivity index (χ1v) is 8.15.